The van der Waals surface area contributed by atoms with Crippen molar-refractivity contribution in [3.05, 3.63) is 0 Å². The first-order valence-corrected chi connectivity index (χ1v) is 8.03. The smallest absolute Gasteiger partial charge is 0.00949 e. The third kappa shape index (κ3) is 3.96. The highest BCUT2D eigenvalue weighted by molar-refractivity contribution is 4.88. The molecule has 3 atom stereocenters. The van der Waals surface area contributed by atoms with Gasteiger partial charge in [-0.05, 0) is 63.5 Å². The van der Waals surface area contributed by atoms with Gasteiger partial charge in [0, 0.05) is 12.1 Å². The van der Waals surface area contributed by atoms with E-state index < -0.39 is 0 Å². The zero-order valence-electron chi connectivity index (χ0n) is 12.6. The molecule has 2 N–H and O–H groups in total. The average Bonchev–Trinajstić information content (AvgIpc) is 3.19. The van der Waals surface area contributed by atoms with Crippen LogP contribution in [0.4, 0.5) is 0 Å². The van der Waals surface area contributed by atoms with E-state index in [1.807, 2.05) is 0 Å². The molecule has 0 aromatic heterocycles. The van der Waals surface area contributed by atoms with E-state index in [1.165, 1.54) is 45.1 Å². The Kier molecular flexibility index (Phi) is 5.08. The summed E-state index contributed by atoms with van der Waals surface area (Å²) in [5, 5.41) is 0. The zero-order valence-corrected chi connectivity index (χ0v) is 12.6. The van der Waals surface area contributed by atoms with Crippen LogP contribution in [0, 0.1) is 17.8 Å². The summed E-state index contributed by atoms with van der Waals surface area (Å²) in [7, 11) is 2.31. The Hall–Kier alpha value is -0.0800. The maximum absolute atomic E-state index is 6.15. The standard InChI is InChI=1S/C16H32N2/c1-12(2)16(17)9-10-18(3)15-6-4-5-14(11-15)13-7-8-13/h12-16H,4-11,17H2,1-3H3. The zero-order chi connectivity index (χ0) is 13.1. The first kappa shape index (κ1) is 14.3. The van der Waals surface area contributed by atoms with Crippen LogP contribution in [0.15, 0.2) is 0 Å². The van der Waals surface area contributed by atoms with Crippen LogP contribution in [0.3, 0.4) is 0 Å². The minimum atomic E-state index is 0.371. The summed E-state index contributed by atoms with van der Waals surface area (Å²) in [6.45, 7) is 5.64. The van der Waals surface area contributed by atoms with E-state index in [-0.39, 0.29) is 0 Å². The number of rotatable bonds is 6. The second kappa shape index (κ2) is 6.38. The summed E-state index contributed by atoms with van der Waals surface area (Å²) < 4.78 is 0. The maximum Gasteiger partial charge on any atom is 0.00949 e. The van der Waals surface area contributed by atoms with E-state index in [1.54, 1.807) is 0 Å². The molecule has 2 nitrogen and oxygen atoms in total. The quantitative estimate of drug-likeness (QED) is 0.786. The molecule has 2 aliphatic rings. The van der Waals surface area contributed by atoms with E-state index in [9.17, 15) is 0 Å². The molecule has 0 amide bonds. The molecule has 0 aromatic carbocycles. The molecule has 0 spiro atoms. The summed E-state index contributed by atoms with van der Waals surface area (Å²) in [4.78, 5) is 2.59. The molecule has 0 saturated heterocycles. The van der Waals surface area contributed by atoms with Gasteiger partial charge in [0.2, 0.25) is 0 Å². The normalized spacial score (nSPS) is 31.0. The lowest BCUT2D eigenvalue weighted by Gasteiger charge is -2.36. The van der Waals surface area contributed by atoms with Crippen molar-refractivity contribution >= 4 is 0 Å². The van der Waals surface area contributed by atoms with Gasteiger partial charge >= 0.3 is 0 Å². The lowest BCUT2D eigenvalue weighted by atomic mass is 9.82. The van der Waals surface area contributed by atoms with Gasteiger partial charge in [0.05, 0.1) is 0 Å². The van der Waals surface area contributed by atoms with Gasteiger partial charge in [-0.15, -0.1) is 0 Å². The van der Waals surface area contributed by atoms with Crippen LogP contribution in [0.1, 0.15) is 58.8 Å². The van der Waals surface area contributed by atoms with Gasteiger partial charge in [-0.2, -0.15) is 0 Å². The first-order valence-electron chi connectivity index (χ1n) is 8.03. The van der Waals surface area contributed by atoms with Crippen molar-refractivity contribution < 1.29 is 0 Å². The predicted molar refractivity (Wildman–Crippen MR) is 78.5 cm³/mol. The summed E-state index contributed by atoms with van der Waals surface area (Å²) >= 11 is 0. The van der Waals surface area contributed by atoms with Crippen molar-refractivity contribution in [3.8, 4) is 0 Å². The Labute approximate surface area is 113 Å². The van der Waals surface area contributed by atoms with Crippen LogP contribution >= 0.6 is 0 Å². The topological polar surface area (TPSA) is 29.3 Å². The lowest BCUT2D eigenvalue weighted by molar-refractivity contribution is 0.143. The van der Waals surface area contributed by atoms with Crippen LogP contribution in [-0.2, 0) is 0 Å². The second-order valence-corrected chi connectivity index (χ2v) is 7.10. The monoisotopic (exact) mass is 252 g/mol. The molecule has 0 bridgehead atoms. The highest BCUT2D eigenvalue weighted by atomic mass is 15.1. The third-order valence-corrected chi connectivity index (χ3v) is 5.27. The fourth-order valence-corrected chi connectivity index (χ4v) is 3.47. The molecule has 3 unspecified atom stereocenters. The van der Waals surface area contributed by atoms with Crippen LogP contribution in [0.2, 0.25) is 0 Å². The van der Waals surface area contributed by atoms with Crippen LogP contribution < -0.4 is 5.73 Å². The van der Waals surface area contributed by atoms with Gasteiger partial charge < -0.3 is 10.6 Å². The minimum absolute atomic E-state index is 0.371. The Balaban J connectivity index is 1.72. The molecule has 2 aliphatic carbocycles. The molecule has 106 valence electrons. The van der Waals surface area contributed by atoms with E-state index in [0.717, 1.165) is 24.3 Å². The highest BCUT2D eigenvalue weighted by Crippen LogP contribution is 2.44. The Bertz CT molecular complexity index is 247. The van der Waals surface area contributed by atoms with E-state index in [0.29, 0.717) is 12.0 Å². The molecule has 2 heteroatoms. The number of hydrogen-bond donors (Lipinski definition) is 1. The van der Waals surface area contributed by atoms with Crippen molar-refractivity contribution in [1.82, 2.24) is 4.90 Å². The maximum atomic E-state index is 6.15. The van der Waals surface area contributed by atoms with Gasteiger partial charge in [-0.1, -0.05) is 26.7 Å². The van der Waals surface area contributed by atoms with E-state index in [4.69, 9.17) is 5.73 Å². The van der Waals surface area contributed by atoms with Gasteiger partial charge in [0.1, 0.15) is 0 Å². The Morgan fingerprint density at radius 2 is 1.83 bits per heavy atom. The molecular formula is C16H32N2. The average molecular weight is 252 g/mol. The largest absolute Gasteiger partial charge is 0.327 e. The predicted octanol–water partition coefficient (Wildman–Crippen LogP) is 3.26. The Morgan fingerprint density at radius 3 is 2.44 bits per heavy atom. The van der Waals surface area contributed by atoms with Crippen molar-refractivity contribution in [3.63, 3.8) is 0 Å². The number of nitrogens with zero attached hydrogens (tertiary/aromatic N) is 1. The highest BCUT2D eigenvalue weighted by Gasteiger charge is 2.35. The van der Waals surface area contributed by atoms with Crippen LogP contribution in [0.5, 0.6) is 0 Å². The molecule has 2 fully saturated rings. The minimum Gasteiger partial charge on any atom is -0.327 e. The molecule has 18 heavy (non-hydrogen) atoms. The second-order valence-electron chi connectivity index (χ2n) is 7.10. The van der Waals surface area contributed by atoms with Gasteiger partial charge in [-0.25, -0.2) is 0 Å². The SMILES string of the molecule is CC(C)C(N)CCN(C)C1CCCC(C2CC2)C1. The molecule has 2 saturated carbocycles. The number of hydrogen-bond acceptors (Lipinski definition) is 2. The Morgan fingerprint density at radius 1 is 1.11 bits per heavy atom. The van der Waals surface area contributed by atoms with Gasteiger partial charge in [-0.3, -0.25) is 0 Å². The van der Waals surface area contributed by atoms with E-state index in [2.05, 4.69) is 25.8 Å². The van der Waals surface area contributed by atoms with Gasteiger partial charge in [0.15, 0.2) is 0 Å². The van der Waals surface area contributed by atoms with Crippen molar-refractivity contribution in [2.75, 3.05) is 13.6 Å². The first-order chi connectivity index (χ1) is 8.58. The molecule has 2 rings (SSSR count). The molecule has 0 aromatic rings. The third-order valence-electron chi connectivity index (χ3n) is 5.27. The van der Waals surface area contributed by atoms with Crippen molar-refractivity contribution in [2.24, 2.45) is 23.5 Å². The summed E-state index contributed by atoms with van der Waals surface area (Å²) in [5.41, 5.74) is 6.15. The van der Waals surface area contributed by atoms with Gasteiger partial charge in [0.25, 0.3) is 0 Å². The molecule has 0 aliphatic heterocycles. The summed E-state index contributed by atoms with van der Waals surface area (Å²) in [6.07, 6.45) is 10.00. The summed E-state index contributed by atoms with van der Waals surface area (Å²) in [6, 6.07) is 1.21. The molecular weight excluding hydrogens is 220 g/mol. The fraction of sp³-hybridized carbons (Fsp3) is 1.00. The number of nitrogens with two attached hydrogens (primary N) is 1. The molecule has 0 heterocycles. The lowest BCUT2D eigenvalue weighted by Crippen LogP contribution is -2.39. The van der Waals surface area contributed by atoms with Crippen molar-refractivity contribution in [1.29, 1.82) is 0 Å². The fourth-order valence-electron chi connectivity index (χ4n) is 3.47. The summed E-state index contributed by atoms with van der Waals surface area (Å²) in [5.74, 6) is 2.76. The van der Waals surface area contributed by atoms with Crippen molar-refractivity contribution in [2.45, 2.75) is 70.9 Å². The molecule has 0 radical (unpaired) electrons. The van der Waals surface area contributed by atoms with Crippen LogP contribution in [0.25, 0.3) is 0 Å². The van der Waals surface area contributed by atoms with Crippen LogP contribution in [-0.4, -0.2) is 30.6 Å². The van der Waals surface area contributed by atoms with E-state index >= 15 is 0 Å².